The Kier molecular flexibility index (Phi) is 3.11. The molecule has 0 heterocycles. The van der Waals surface area contributed by atoms with Gasteiger partial charge in [-0.3, -0.25) is 0 Å². The second kappa shape index (κ2) is 4.12. The van der Waals surface area contributed by atoms with Crippen LogP contribution in [0.2, 0.25) is 0 Å². The number of hydrogen-bond acceptors (Lipinski definition) is 2. The molecule has 1 rings (SSSR count). The number of benzene rings is 1. The highest BCUT2D eigenvalue weighted by Gasteiger charge is 1.99. The van der Waals surface area contributed by atoms with Gasteiger partial charge in [0.15, 0.2) is 0 Å². The van der Waals surface area contributed by atoms with Gasteiger partial charge in [0, 0.05) is 0 Å². The molecule has 1 aromatic rings. The van der Waals surface area contributed by atoms with E-state index >= 15 is 0 Å². The Bertz CT molecular complexity index is 258. The zero-order valence-corrected chi connectivity index (χ0v) is 7.38. The first-order valence-electron chi connectivity index (χ1n) is 4.28. The zero-order chi connectivity index (χ0) is 8.97. The summed E-state index contributed by atoms with van der Waals surface area (Å²) in [6, 6.07) is 5.67. The second-order valence-corrected chi connectivity index (χ2v) is 2.86. The third-order valence-corrected chi connectivity index (χ3v) is 1.96. The molecule has 12 heavy (non-hydrogen) atoms. The van der Waals surface area contributed by atoms with Gasteiger partial charge in [-0.2, -0.15) is 0 Å². The summed E-state index contributed by atoms with van der Waals surface area (Å²) in [6.07, 6.45) is 1.75. The number of phenols is 1. The Balaban J connectivity index is 2.89. The average molecular weight is 165 g/mol. The lowest BCUT2D eigenvalue weighted by atomic mass is 10.1. The molecule has 0 atom stereocenters. The quantitative estimate of drug-likeness (QED) is 0.712. The van der Waals surface area contributed by atoms with E-state index in [4.69, 9.17) is 5.73 Å². The SMILES string of the molecule is CCc1cc(CCN)ccc1O. The molecule has 1 aromatic carbocycles. The summed E-state index contributed by atoms with van der Waals surface area (Å²) in [6.45, 7) is 2.69. The molecule has 0 saturated carbocycles. The van der Waals surface area contributed by atoms with Crippen LogP contribution in [0.3, 0.4) is 0 Å². The zero-order valence-electron chi connectivity index (χ0n) is 7.38. The van der Waals surface area contributed by atoms with Crippen molar-refractivity contribution in [2.24, 2.45) is 5.73 Å². The molecule has 0 aromatic heterocycles. The summed E-state index contributed by atoms with van der Waals surface area (Å²) < 4.78 is 0. The van der Waals surface area contributed by atoms with E-state index in [0.29, 0.717) is 12.3 Å². The largest absolute Gasteiger partial charge is 0.508 e. The summed E-state index contributed by atoms with van der Waals surface area (Å²) >= 11 is 0. The molecule has 2 nitrogen and oxygen atoms in total. The van der Waals surface area contributed by atoms with Crippen LogP contribution in [0, 0.1) is 0 Å². The van der Waals surface area contributed by atoms with E-state index in [1.165, 1.54) is 5.56 Å². The Morgan fingerprint density at radius 3 is 2.75 bits per heavy atom. The predicted octanol–water partition coefficient (Wildman–Crippen LogP) is 1.46. The molecule has 0 aliphatic carbocycles. The minimum absolute atomic E-state index is 0.387. The minimum atomic E-state index is 0.387. The van der Waals surface area contributed by atoms with Crippen LogP contribution in [0.15, 0.2) is 18.2 Å². The van der Waals surface area contributed by atoms with E-state index < -0.39 is 0 Å². The standard InChI is InChI=1S/C10H15NO/c1-2-9-7-8(5-6-11)3-4-10(9)12/h3-4,7,12H,2,5-6,11H2,1H3. The number of phenolic OH excluding ortho intramolecular Hbond substituents is 1. The van der Waals surface area contributed by atoms with Gasteiger partial charge < -0.3 is 10.8 Å². The molecule has 0 fully saturated rings. The first-order chi connectivity index (χ1) is 5.77. The molecule has 0 amide bonds. The molecule has 2 heteroatoms. The second-order valence-electron chi connectivity index (χ2n) is 2.86. The smallest absolute Gasteiger partial charge is 0.118 e. The molecule has 0 unspecified atom stereocenters. The highest BCUT2D eigenvalue weighted by atomic mass is 16.3. The average Bonchev–Trinajstić information content (AvgIpc) is 2.09. The minimum Gasteiger partial charge on any atom is -0.508 e. The third kappa shape index (κ3) is 1.98. The normalized spacial score (nSPS) is 10.2. The van der Waals surface area contributed by atoms with E-state index in [0.717, 1.165) is 18.4 Å². The summed E-state index contributed by atoms with van der Waals surface area (Å²) in [5.41, 5.74) is 7.63. The van der Waals surface area contributed by atoms with Gasteiger partial charge in [-0.15, -0.1) is 0 Å². The number of aryl methyl sites for hydroxylation is 1. The molecular formula is C10H15NO. The lowest BCUT2D eigenvalue weighted by Crippen LogP contribution is -2.02. The molecule has 0 aliphatic heterocycles. The van der Waals surface area contributed by atoms with Gasteiger partial charge >= 0.3 is 0 Å². The maximum atomic E-state index is 9.37. The van der Waals surface area contributed by atoms with Gasteiger partial charge in [0.05, 0.1) is 0 Å². The maximum absolute atomic E-state index is 9.37. The van der Waals surface area contributed by atoms with Crippen LogP contribution in [0.25, 0.3) is 0 Å². The van der Waals surface area contributed by atoms with Gasteiger partial charge in [0.1, 0.15) is 5.75 Å². The fourth-order valence-corrected chi connectivity index (χ4v) is 1.24. The molecule has 0 radical (unpaired) electrons. The van der Waals surface area contributed by atoms with Crippen LogP contribution in [-0.2, 0) is 12.8 Å². The van der Waals surface area contributed by atoms with Crippen LogP contribution < -0.4 is 5.73 Å². The Hall–Kier alpha value is -1.02. The number of aromatic hydroxyl groups is 1. The summed E-state index contributed by atoms with van der Waals surface area (Å²) in [7, 11) is 0. The lowest BCUT2D eigenvalue weighted by Gasteiger charge is -2.04. The third-order valence-electron chi connectivity index (χ3n) is 1.96. The number of hydrogen-bond donors (Lipinski definition) is 2. The van der Waals surface area contributed by atoms with Crippen LogP contribution in [0.4, 0.5) is 0 Å². The van der Waals surface area contributed by atoms with Gasteiger partial charge in [0.25, 0.3) is 0 Å². The molecular weight excluding hydrogens is 150 g/mol. The molecule has 66 valence electrons. The van der Waals surface area contributed by atoms with E-state index in [2.05, 4.69) is 0 Å². The first kappa shape index (κ1) is 9.07. The monoisotopic (exact) mass is 165 g/mol. The van der Waals surface area contributed by atoms with Crippen molar-refractivity contribution in [3.05, 3.63) is 29.3 Å². The fraction of sp³-hybridized carbons (Fsp3) is 0.400. The van der Waals surface area contributed by atoms with Gasteiger partial charge in [-0.05, 0) is 36.6 Å². The molecule has 0 aliphatic rings. The van der Waals surface area contributed by atoms with E-state index in [-0.39, 0.29) is 0 Å². The predicted molar refractivity (Wildman–Crippen MR) is 50.2 cm³/mol. The van der Waals surface area contributed by atoms with E-state index in [1.807, 2.05) is 19.1 Å². The van der Waals surface area contributed by atoms with Crippen molar-refractivity contribution < 1.29 is 5.11 Å². The van der Waals surface area contributed by atoms with Crippen LogP contribution in [0.1, 0.15) is 18.1 Å². The fourth-order valence-electron chi connectivity index (χ4n) is 1.24. The van der Waals surface area contributed by atoms with Crippen molar-refractivity contribution in [2.75, 3.05) is 6.54 Å². The lowest BCUT2D eigenvalue weighted by molar-refractivity contribution is 0.468. The van der Waals surface area contributed by atoms with Crippen LogP contribution in [0.5, 0.6) is 5.75 Å². The van der Waals surface area contributed by atoms with Crippen LogP contribution in [-0.4, -0.2) is 11.7 Å². The molecule has 0 bridgehead atoms. The Morgan fingerprint density at radius 1 is 1.42 bits per heavy atom. The van der Waals surface area contributed by atoms with E-state index in [9.17, 15) is 5.11 Å². The van der Waals surface area contributed by atoms with Gasteiger partial charge in [-0.25, -0.2) is 0 Å². The maximum Gasteiger partial charge on any atom is 0.118 e. The van der Waals surface area contributed by atoms with Crippen molar-refractivity contribution in [3.63, 3.8) is 0 Å². The molecule has 3 N–H and O–H groups in total. The van der Waals surface area contributed by atoms with Crippen LogP contribution >= 0.6 is 0 Å². The topological polar surface area (TPSA) is 46.2 Å². The molecule has 0 spiro atoms. The van der Waals surface area contributed by atoms with Gasteiger partial charge in [0.2, 0.25) is 0 Å². The summed E-state index contributed by atoms with van der Waals surface area (Å²) in [4.78, 5) is 0. The van der Waals surface area contributed by atoms with Crippen molar-refractivity contribution in [1.29, 1.82) is 0 Å². The highest BCUT2D eigenvalue weighted by molar-refractivity contribution is 5.36. The van der Waals surface area contributed by atoms with Crippen molar-refractivity contribution in [1.82, 2.24) is 0 Å². The van der Waals surface area contributed by atoms with Gasteiger partial charge in [-0.1, -0.05) is 19.1 Å². The molecule has 0 saturated heterocycles. The summed E-state index contributed by atoms with van der Waals surface area (Å²) in [5, 5.41) is 9.37. The first-order valence-corrected chi connectivity index (χ1v) is 4.28. The number of rotatable bonds is 3. The van der Waals surface area contributed by atoms with Crippen molar-refractivity contribution in [2.45, 2.75) is 19.8 Å². The van der Waals surface area contributed by atoms with Crippen molar-refractivity contribution >= 4 is 0 Å². The highest BCUT2D eigenvalue weighted by Crippen LogP contribution is 2.18. The Morgan fingerprint density at radius 2 is 2.17 bits per heavy atom. The Labute approximate surface area is 73.0 Å². The van der Waals surface area contributed by atoms with E-state index in [1.54, 1.807) is 6.07 Å². The van der Waals surface area contributed by atoms with Crippen molar-refractivity contribution in [3.8, 4) is 5.75 Å². The number of nitrogens with two attached hydrogens (primary N) is 1. The summed E-state index contributed by atoms with van der Waals surface area (Å²) in [5.74, 6) is 0.387.